The average molecular weight is 449 g/mol. The Balaban J connectivity index is 1.57. The molecule has 1 atom stereocenters. The standard InChI is InChI=1S/C25H24N2O4S/c1-29-18-11-8-16(9-12-18)25-23(32-22-7-5-4-6-19(22)27-25)15-24(28)26-17-10-13-20(30-2)21(14-17)31-3/h4-14,23H,15H2,1-3H3,(H,26,28)/t23-/m1/s1. The van der Waals surface area contributed by atoms with Crippen LogP contribution in [0.25, 0.3) is 0 Å². The molecule has 3 aromatic carbocycles. The fourth-order valence-electron chi connectivity index (χ4n) is 3.50. The maximum Gasteiger partial charge on any atom is 0.225 e. The second-order valence-corrected chi connectivity index (χ2v) is 8.37. The third-order valence-electron chi connectivity index (χ3n) is 5.10. The van der Waals surface area contributed by atoms with Crippen molar-refractivity contribution in [2.75, 3.05) is 26.6 Å². The first-order valence-electron chi connectivity index (χ1n) is 10.1. The summed E-state index contributed by atoms with van der Waals surface area (Å²) in [5.41, 5.74) is 3.41. The number of carbonyl (C=O) groups is 1. The number of nitrogens with one attached hydrogen (secondary N) is 1. The Labute approximate surface area is 191 Å². The molecule has 1 N–H and O–H groups in total. The number of thioether (sulfide) groups is 1. The second kappa shape index (κ2) is 9.78. The molecule has 0 saturated carbocycles. The lowest BCUT2D eigenvalue weighted by Gasteiger charge is -2.24. The molecule has 0 aromatic heterocycles. The van der Waals surface area contributed by atoms with Gasteiger partial charge in [0.1, 0.15) is 5.75 Å². The van der Waals surface area contributed by atoms with Gasteiger partial charge in [-0.3, -0.25) is 9.79 Å². The van der Waals surface area contributed by atoms with Gasteiger partial charge in [-0.05, 0) is 54.1 Å². The predicted molar refractivity (Wildman–Crippen MR) is 128 cm³/mol. The van der Waals surface area contributed by atoms with E-state index < -0.39 is 0 Å². The number of carbonyl (C=O) groups excluding carboxylic acids is 1. The van der Waals surface area contributed by atoms with Crippen LogP contribution in [0.1, 0.15) is 12.0 Å². The van der Waals surface area contributed by atoms with Gasteiger partial charge in [0.15, 0.2) is 11.5 Å². The molecule has 1 aliphatic rings. The van der Waals surface area contributed by atoms with Gasteiger partial charge >= 0.3 is 0 Å². The van der Waals surface area contributed by atoms with Crippen LogP contribution in [-0.4, -0.2) is 38.2 Å². The van der Waals surface area contributed by atoms with Crippen LogP contribution in [0.2, 0.25) is 0 Å². The number of para-hydroxylation sites is 1. The highest BCUT2D eigenvalue weighted by Crippen LogP contribution is 2.40. The van der Waals surface area contributed by atoms with Crippen molar-refractivity contribution >= 4 is 34.8 Å². The zero-order chi connectivity index (χ0) is 22.5. The smallest absolute Gasteiger partial charge is 0.225 e. The maximum absolute atomic E-state index is 13.0. The van der Waals surface area contributed by atoms with Crippen molar-refractivity contribution in [2.45, 2.75) is 16.6 Å². The van der Waals surface area contributed by atoms with Gasteiger partial charge in [-0.25, -0.2) is 0 Å². The van der Waals surface area contributed by atoms with E-state index in [4.69, 9.17) is 19.2 Å². The largest absolute Gasteiger partial charge is 0.497 e. The number of nitrogens with zero attached hydrogens (tertiary/aromatic N) is 1. The first-order chi connectivity index (χ1) is 15.6. The number of amides is 1. The van der Waals surface area contributed by atoms with Gasteiger partial charge < -0.3 is 19.5 Å². The van der Waals surface area contributed by atoms with Crippen LogP contribution >= 0.6 is 11.8 Å². The van der Waals surface area contributed by atoms with E-state index in [2.05, 4.69) is 5.32 Å². The number of fused-ring (bicyclic) bond motifs is 1. The summed E-state index contributed by atoms with van der Waals surface area (Å²) in [6.07, 6.45) is 0.276. The monoisotopic (exact) mass is 448 g/mol. The molecular weight excluding hydrogens is 424 g/mol. The molecule has 3 aromatic rings. The summed E-state index contributed by atoms with van der Waals surface area (Å²) < 4.78 is 15.9. The molecule has 1 heterocycles. The normalized spacial score (nSPS) is 14.7. The molecule has 0 fully saturated rings. The molecule has 0 unspecified atom stereocenters. The summed E-state index contributed by atoms with van der Waals surface area (Å²) in [4.78, 5) is 18.9. The van der Waals surface area contributed by atoms with E-state index in [0.717, 1.165) is 27.6 Å². The van der Waals surface area contributed by atoms with E-state index >= 15 is 0 Å². The topological polar surface area (TPSA) is 69.2 Å². The molecule has 1 aliphatic heterocycles. The van der Waals surface area contributed by atoms with Gasteiger partial charge in [0, 0.05) is 23.1 Å². The van der Waals surface area contributed by atoms with Gasteiger partial charge in [0.25, 0.3) is 0 Å². The van der Waals surface area contributed by atoms with E-state index in [1.54, 1.807) is 51.3 Å². The van der Waals surface area contributed by atoms with Crippen molar-refractivity contribution in [3.8, 4) is 17.2 Å². The molecule has 6 nitrogen and oxygen atoms in total. The Morgan fingerprint density at radius 1 is 0.938 bits per heavy atom. The van der Waals surface area contributed by atoms with Crippen molar-refractivity contribution in [3.63, 3.8) is 0 Å². The van der Waals surface area contributed by atoms with Crippen molar-refractivity contribution in [2.24, 2.45) is 4.99 Å². The Morgan fingerprint density at radius 2 is 1.69 bits per heavy atom. The summed E-state index contributed by atoms with van der Waals surface area (Å²) in [5, 5.41) is 2.84. The fraction of sp³-hybridized carbons (Fsp3) is 0.200. The third-order valence-corrected chi connectivity index (χ3v) is 6.38. The molecule has 0 spiro atoms. The van der Waals surface area contributed by atoms with Gasteiger partial charge in [-0.2, -0.15) is 0 Å². The summed E-state index contributed by atoms with van der Waals surface area (Å²) in [5.74, 6) is 1.85. The Kier molecular flexibility index (Phi) is 6.66. The Hall–Kier alpha value is -3.45. The summed E-state index contributed by atoms with van der Waals surface area (Å²) in [6.45, 7) is 0. The summed E-state index contributed by atoms with van der Waals surface area (Å²) in [7, 11) is 4.78. The van der Waals surface area contributed by atoms with E-state index in [0.29, 0.717) is 17.2 Å². The minimum atomic E-state index is -0.126. The Morgan fingerprint density at radius 3 is 2.41 bits per heavy atom. The summed E-state index contributed by atoms with van der Waals surface area (Å²) in [6, 6.07) is 21.1. The molecule has 0 bridgehead atoms. The maximum atomic E-state index is 13.0. The number of hydrogen-bond acceptors (Lipinski definition) is 6. The van der Waals surface area contributed by atoms with Gasteiger partial charge in [0.05, 0.1) is 38.0 Å². The zero-order valence-corrected chi connectivity index (χ0v) is 18.9. The highest BCUT2D eigenvalue weighted by Gasteiger charge is 2.27. The highest BCUT2D eigenvalue weighted by molar-refractivity contribution is 8.01. The first-order valence-corrected chi connectivity index (χ1v) is 11.0. The lowest BCUT2D eigenvalue weighted by molar-refractivity contribution is -0.116. The number of benzene rings is 3. The molecule has 164 valence electrons. The average Bonchev–Trinajstić information content (AvgIpc) is 2.83. The van der Waals surface area contributed by atoms with Gasteiger partial charge in [-0.15, -0.1) is 11.8 Å². The number of anilines is 1. The number of rotatable bonds is 7. The molecule has 0 aliphatic carbocycles. The first kappa shape index (κ1) is 21.8. The third kappa shape index (κ3) is 4.73. The lowest BCUT2D eigenvalue weighted by atomic mass is 10.0. The van der Waals surface area contributed by atoms with Crippen molar-refractivity contribution in [1.82, 2.24) is 0 Å². The van der Waals surface area contributed by atoms with Crippen molar-refractivity contribution in [1.29, 1.82) is 0 Å². The van der Waals surface area contributed by atoms with Crippen LogP contribution in [0.5, 0.6) is 17.2 Å². The van der Waals surface area contributed by atoms with E-state index in [1.165, 1.54) is 0 Å². The molecular formula is C25H24N2O4S. The highest BCUT2D eigenvalue weighted by atomic mass is 32.2. The quantitative estimate of drug-likeness (QED) is 0.529. The SMILES string of the molecule is COc1ccc(C2=Nc3ccccc3S[C@@H]2CC(=O)Nc2ccc(OC)c(OC)c2)cc1. The molecule has 32 heavy (non-hydrogen) atoms. The minimum absolute atomic E-state index is 0.102. The van der Waals surface area contributed by atoms with E-state index in [1.807, 2.05) is 48.5 Å². The lowest BCUT2D eigenvalue weighted by Crippen LogP contribution is -2.27. The fourth-order valence-corrected chi connectivity index (χ4v) is 4.74. The van der Waals surface area contributed by atoms with Crippen LogP contribution < -0.4 is 19.5 Å². The van der Waals surface area contributed by atoms with Gasteiger partial charge in [-0.1, -0.05) is 12.1 Å². The van der Waals surface area contributed by atoms with E-state index in [-0.39, 0.29) is 17.6 Å². The number of ether oxygens (including phenoxy) is 3. The van der Waals surface area contributed by atoms with Gasteiger partial charge in [0.2, 0.25) is 5.91 Å². The molecule has 1 amide bonds. The van der Waals surface area contributed by atoms with E-state index in [9.17, 15) is 4.79 Å². The number of methoxy groups -OCH3 is 3. The van der Waals surface area contributed by atoms with Crippen LogP contribution in [0.4, 0.5) is 11.4 Å². The molecule has 0 radical (unpaired) electrons. The number of hydrogen-bond donors (Lipinski definition) is 1. The summed E-state index contributed by atoms with van der Waals surface area (Å²) >= 11 is 1.65. The van der Waals surface area contributed by atoms with Crippen LogP contribution in [0.15, 0.2) is 76.6 Å². The zero-order valence-electron chi connectivity index (χ0n) is 18.1. The molecule has 7 heteroatoms. The van der Waals surface area contributed by atoms with Crippen LogP contribution in [0.3, 0.4) is 0 Å². The van der Waals surface area contributed by atoms with Crippen LogP contribution in [-0.2, 0) is 4.79 Å². The minimum Gasteiger partial charge on any atom is -0.497 e. The number of aliphatic imine (C=N–C) groups is 1. The van der Waals surface area contributed by atoms with Crippen molar-refractivity contribution in [3.05, 3.63) is 72.3 Å². The van der Waals surface area contributed by atoms with Crippen molar-refractivity contribution < 1.29 is 19.0 Å². The second-order valence-electron chi connectivity index (χ2n) is 7.12. The predicted octanol–water partition coefficient (Wildman–Crippen LogP) is 5.34. The molecule has 4 rings (SSSR count). The Bertz CT molecular complexity index is 1140. The molecule has 0 saturated heterocycles. The van der Waals surface area contributed by atoms with Crippen LogP contribution in [0, 0.1) is 0 Å².